The summed E-state index contributed by atoms with van der Waals surface area (Å²) in [5.41, 5.74) is 6.60. The summed E-state index contributed by atoms with van der Waals surface area (Å²) in [5, 5.41) is 3.47. The summed E-state index contributed by atoms with van der Waals surface area (Å²) < 4.78 is 25.9. The summed E-state index contributed by atoms with van der Waals surface area (Å²) in [6.07, 6.45) is 8.56. The van der Waals surface area contributed by atoms with Crippen LogP contribution in [-0.2, 0) is 4.74 Å². The number of halogens is 1. The Morgan fingerprint density at radius 2 is 2.12 bits per heavy atom. The number of allylic oxidation sites excluding steroid dienone is 4. The molecule has 4 heterocycles. The van der Waals surface area contributed by atoms with Crippen LogP contribution < -0.4 is 15.1 Å². The molecule has 7 rings (SSSR count). The maximum Gasteiger partial charge on any atom is 0.298 e. The zero-order valence-corrected chi connectivity index (χ0v) is 18.1. The fourth-order valence-electron chi connectivity index (χ4n) is 5.88. The fraction of sp³-hybridized carbons (Fsp3) is 0.480. The van der Waals surface area contributed by atoms with Crippen LogP contribution in [0.15, 0.2) is 57.6 Å². The van der Waals surface area contributed by atoms with Crippen LogP contribution in [-0.4, -0.2) is 43.4 Å². The molecule has 1 aromatic carbocycles. The van der Waals surface area contributed by atoms with Gasteiger partial charge in [-0.3, -0.25) is 0 Å². The first-order valence-corrected chi connectivity index (χ1v) is 11.8. The Bertz CT molecular complexity index is 1190. The molecule has 3 aliphatic heterocycles. The molecule has 0 bridgehead atoms. The van der Waals surface area contributed by atoms with E-state index in [1.165, 1.54) is 17.7 Å². The lowest BCUT2D eigenvalue weighted by Gasteiger charge is -2.47. The Hall–Kier alpha value is -2.80. The van der Waals surface area contributed by atoms with E-state index in [1.807, 2.05) is 6.07 Å². The van der Waals surface area contributed by atoms with Gasteiger partial charge in [0.15, 0.2) is 5.58 Å². The molecule has 1 unspecified atom stereocenters. The average molecular weight is 435 g/mol. The highest BCUT2D eigenvalue weighted by atomic mass is 19.1. The normalized spacial score (nSPS) is 26.5. The predicted octanol–water partition coefficient (Wildman–Crippen LogP) is 4.41. The van der Waals surface area contributed by atoms with Gasteiger partial charge in [-0.2, -0.15) is 4.98 Å². The fourth-order valence-corrected chi connectivity index (χ4v) is 5.88. The average Bonchev–Trinajstić information content (AvgIpc) is 3.38. The lowest BCUT2D eigenvalue weighted by atomic mass is 9.79. The van der Waals surface area contributed by atoms with E-state index in [9.17, 15) is 4.39 Å². The van der Waals surface area contributed by atoms with Gasteiger partial charge in [-0.05, 0) is 61.6 Å². The van der Waals surface area contributed by atoms with Crippen LogP contribution in [0.2, 0.25) is 0 Å². The Morgan fingerprint density at radius 1 is 1.19 bits per heavy atom. The smallest absolute Gasteiger partial charge is 0.298 e. The number of nitrogens with one attached hydrogen (secondary N) is 1. The number of hydrogen-bond donors (Lipinski definition) is 1. The first kappa shape index (κ1) is 18.7. The summed E-state index contributed by atoms with van der Waals surface area (Å²) >= 11 is 0. The molecular formula is C25H27FN4O2. The van der Waals surface area contributed by atoms with Crippen LogP contribution in [0.3, 0.4) is 0 Å². The molecule has 1 atom stereocenters. The number of morpholine rings is 1. The summed E-state index contributed by atoms with van der Waals surface area (Å²) in [6.45, 7) is 4.23. The molecule has 6 nitrogen and oxygen atoms in total. The first-order valence-electron chi connectivity index (χ1n) is 11.8. The highest BCUT2D eigenvalue weighted by molar-refractivity contribution is 5.79. The third-order valence-electron chi connectivity index (χ3n) is 7.82. The molecule has 7 heteroatoms. The molecule has 1 saturated heterocycles. The van der Waals surface area contributed by atoms with Crippen molar-refractivity contribution in [1.82, 2.24) is 10.3 Å². The third-order valence-corrected chi connectivity index (χ3v) is 7.82. The van der Waals surface area contributed by atoms with Crippen molar-refractivity contribution >= 4 is 22.8 Å². The summed E-state index contributed by atoms with van der Waals surface area (Å²) in [5.74, 6) is 0.158. The van der Waals surface area contributed by atoms with Gasteiger partial charge in [0.05, 0.1) is 18.8 Å². The van der Waals surface area contributed by atoms with E-state index in [4.69, 9.17) is 14.1 Å². The van der Waals surface area contributed by atoms with Gasteiger partial charge in [0.1, 0.15) is 11.3 Å². The van der Waals surface area contributed by atoms with Crippen molar-refractivity contribution in [3.8, 4) is 0 Å². The highest BCUT2D eigenvalue weighted by Crippen LogP contribution is 2.41. The minimum atomic E-state index is -0.128. The third kappa shape index (κ3) is 2.90. The van der Waals surface area contributed by atoms with Gasteiger partial charge in [-0.1, -0.05) is 0 Å². The summed E-state index contributed by atoms with van der Waals surface area (Å²) in [6, 6.07) is 7.03. The number of fused-ring (bicyclic) bond motifs is 3. The van der Waals surface area contributed by atoms with Crippen LogP contribution in [0.25, 0.3) is 11.1 Å². The van der Waals surface area contributed by atoms with Crippen molar-refractivity contribution in [2.24, 2.45) is 5.92 Å². The van der Waals surface area contributed by atoms with Crippen molar-refractivity contribution < 1.29 is 13.5 Å². The van der Waals surface area contributed by atoms with Crippen LogP contribution in [0.4, 0.5) is 16.1 Å². The summed E-state index contributed by atoms with van der Waals surface area (Å²) in [7, 11) is 0. The number of rotatable bonds is 2. The highest BCUT2D eigenvalue weighted by Gasteiger charge is 2.43. The van der Waals surface area contributed by atoms with E-state index in [1.54, 1.807) is 12.2 Å². The largest absolute Gasteiger partial charge is 0.423 e. The van der Waals surface area contributed by atoms with Crippen LogP contribution in [0.1, 0.15) is 32.1 Å². The van der Waals surface area contributed by atoms with Gasteiger partial charge in [-0.25, -0.2) is 4.39 Å². The second-order valence-corrected chi connectivity index (χ2v) is 9.73. The molecule has 2 fully saturated rings. The Morgan fingerprint density at radius 3 is 3.00 bits per heavy atom. The Kier molecular flexibility index (Phi) is 4.01. The second-order valence-electron chi connectivity index (χ2n) is 9.73. The quantitative estimate of drug-likeness (QED) is 0.756. The van der Waals surface area contributed by atoms with Gasteiger partial charge in [0, 0.05) is 49.1 Å². The van der Waals surface area contributed by atoms with Crippen molar-refractivity contribution in [3.63, 3.8) is 0 Å². The van der Waals surface area contributed by atoms with Gasteiger partial charge in [-0.15, -0.1) is 0 Å². The van der Waals surface area contributed by atoms with E-state index < -0.39 is 0 Å². The van der Waals surface area contributed by atoms with Crippen molar-refractivity contribution in [1.29, 1.82) is 0 Å². The molecule has 166 valence electrons. The molecule has 2 aromatic rings. The zero-order valence-electron chi connectivity index (χ0n) is 18.1. The molecule has 0 radical (unpaired) electrons. The molecule has 1 aromatic heterocycles. The molecule has 1 saturated carbocycles. The number of hydrogen-bond acceptors (Lipinski definition) is 6. The molecule has 5 aliphatic rings. The lowest BCUT2D eigenvalue weighted by molar-refractivity contribution is -0.107. The van der Waals surface area contributed by atoms with Gasteiger partial charge in [0.25, 0.3) is 6.01 Å². The minimum Gasteiger partial charge on any atom is -0.423 e. The number of oxazole rings is 1. The van der Waals surface area contributed by atoms with E-state index in [0.29, 0.717) is 6.01 Å². The van der Waals surface area contributed by atoms with Crippen LogP contribution >= 0.6 is 0 Å². The minimum absolute atomic E-state index is 0.0170. The molecular weight excluding hydrogens is 407 g/mol. The number of nitrogens with zero attached hydrogens (tertiary/aromatic N) is 3. The summed E-state index contributed by atoms with van der Waals surface area (Å²) in [4.78, 5) is 9.50. The van der Waals surface area contributed by atoms with E-state index >= 15 is 0 Å². The number of benzene rings is 1. The Balaban J connectivity index is 1.13. The molecule has 0 amide bonds. The maximum absolute atomic E-state index is 13.7. The topological polar surface area (TPSA) is 53.8 Å². The Labute approximate surface area is 186 Å². The monoisotopic (exact) mass is 434 g/mol. The van der Waals surface area contributed by atoms with Crippen molar-refractivity contribution in [2.75, 3.05) is 42.6 Å². The first-order chi connectivity index (χ1) is 15.7. The van der Waals surface area contributed by atoms with Gasteiger partial charge in [0.2, 0.25) is 0 Å². The molecule has 1 spiro atoms. The predicted molar refractivity (Wildman–Crippen MR) is 121 cm³/mol. The molecule has 1 N–H and O–H groups in total. The SMILES string of the molecule is FC1=CCC2C(=C1)NC1=C2CN(c2ccc3oc(N4CCOC5(CCC5)C4)nc3c2)CC1. The number of ether oxygens (including phenoxy) is 1. The lowest BCUT2D eigenvalue weighted by Crippen LogP contribution is -2.55. The van der Waals surface area contributed by atoms with Gasteiger partial charge < -0.3 is 24.3 Å². The molecule has 32 heavy (non-hydrogen) atoms. The van der Waals surface area contributed by atoms with E-state index in [-0.39, 0.29) is 17.3 Å². The second kappa shape index (κ2) is 6.85. The maximum atomic E-state index is 13.7. The molecule has 2 aliphatic carbocycles. The number of anilines is 2. The van der Waals surface area contributed by atoms with Crippen molar-refractivity contribution in [3.05, 3.63) is 53.1 Å². The van der Waals surface area contributed by atoms with Crippen LogP contribution in [0.5, 0.6) is 0 Å². The van der Waals surface area contributed by atoms with Gasteiger partial charge >= 0.3 is 0 Å². The standard InChI is InChI=1S/C25H27FN4O2/c26-16-2-4-18-19-14-29(9-6-20(19)27-21(18)12-16)17-3-5-23-22(13-17)28-24(32-23)30-10-11-31-25(15-30)7-1-8-25/h2-3,5,12-13,18,27H,1,4,6-11,14-15H2. The van der Waals surface area contributed by atoms with Crippen molar-refractivity contribution in [2.45, 2.75) is 37.7 Å². The van der Waals surface area contributed by atoms with E-state index in [2.05, 4.69) is 27.2 Å². The zero-order chi connectivity index (χ0) is 21.3. The number of aromatic nitrogens is 1. The van der Waals surface area contributed by atoms with Crippen LogP contribution in [0, 0.1) is 5.92 Å². The van der Waals surface area contributed by atoms with E-state index in [0.717, 1.165) is 81.0 Å².